The summed E-state index contributed by atoms with van der Waals surface area (Å²) in [5, 5.41) is 15.2. The van der Waals surface area contributed by atoms with Gasteiger partial charge in [-0.05, 0) is 42.7 Å². The van der Waals surface area contributed by atoms with Gasteiger partial charge in [-0.25, -0.2) is 18.7 Å². The van der Waals surface area contributed by atoms with Gasteiger partial charge < -0.3 is 20.1 Å². The number of methoxy groups -OCH3 is 1. The number of carbonyl (C=O) groups excluding carboxylic acids is 1. The monoisotopic (exact) mass is 807 g/mol. The van der Waals surface area contributed by atoms with Crippen LogP contribution in [0, 0.1) is 11.6 Å². The normalized spacial score (nSPS) is 14.4. The first-order chi connectivity index (χ1) is 26.2. The highest BCUT2D eigenvalue weighted by Gasteiger charge is 2.50. The lowest BCUT2D eigenvalue weighted by molar-refractivity contribution is -0.142. The molecule has 4 heterocycles. The van der Waals surface area contributed by atoms with Gasteiger partial charge in [-0.1, -0.05) is 35.4 Å². The van der Waals surface area contributed by atoms with E-state index in [1.165, 1.54) is 23.3 Å². The zero-order chi connectivity index (χ0) is 39.2. The van der Waals surface area contributed by atoms with Gasteiger partial charge in [-0.2, -0.15) is 32.1 Å². The molecule has 1 atom stereocenters. The molecule has 0 aliphatic heterocycles. The van der Waals surface area contributed by atoms with Gasteiger partial charge >= 0.3 is 6.18 Å². The third-order valence-electron chi connectivity index (χ3n) is 9.02. The molecule has 1 aliphatic carbocycles. The number of halogens is 7. The first kappa shape index (κ1) is 38.3. The largest absolute Gasteiger partial charge is 0.435 e. The van der Waals surface area contributed by atoms with Crippen molar-refractivity contribution in [1.82, 2.24) is 34.8 Å². The van der Waals surface area contributed by atoms with Crippen LogP contribution in [0.25, 0.3) is 32.4 Å². The van der Waals surface area contributed by atoms with Gasteiger partial charge in [0.05, 0.1) is 28.6 Å². The molecule has 0 bridgehead atoms. The van der Waals surface area contributed by atoms with Gasteiger partial charge in [0.25, 0.3) is 5.92 Å². The van der Waals surface area contributed by atoms with Crippen LogP contribution in [0.4, 0.5) is 41.7 Å². The maximum absolute atomic E-state index is 15.0. The lowest BCUT2D eigenvalue weighted by Gasteiger charge is -2.23. The van der Waals surface area contributed by atoms with Crippen molar-refractivity contribution in [2.45, 2.75) is 43.9 Å². The quantitative estimate of drug-likeness (QED) is 0.0615. The number of benzene rings is 2. The fraction of sp³-hybridized carbons (Fsp3) is 0.343. The molecule has 20 heteroatoms. The number of pyridine rings is 1. The second kappa shape index (κ2) is 14.9. The highest BCUT2D eigenvalue weighted by atomic mass is 32.2. The molecule has 290 valence electrons. The molecule has 0 fully saturated rings. The van der Waals surface area contributed by atoms with Gasteiger partial charge in [-0.15, -0.1) is 0 Å². The Morgan fingerprint density at radius 3 is 2.56 bits per heavy atom. The maximum atomic E-state index is 15.0. The molecule has 2 aromatic carbocycles. The number of amides is 1. The lowest BCUT2D eigenvalue weighted by Crippen LogP contribution is -2.35. The molecule has 0 saturated carbocycles. The van der Waals surface area contributed by atoms with E-state index in [-0.39, 0.29) is 23.3 Å². The zero-order valence-electron chi connectivity index (χ0n) is 29.3. The fourth-order valence-electron chi connectivity index (χ4n) is 6.87. The zero-order valence-corrected chi connectivity index (χ0v) is 31.0. The van der Waals surface area contributed by atoms with Gasteiger partial charge in [0, 0.05) is 61.5 Å². The number of carbonyl (C=O) groups is 1. The molecule has 1 amide bonds. The van der Waals surface area contributed by atoms with Crippen LogP contribution in [0.15, 0.2) is 42.5 Å². The van der Waals surface area contributed by atoms with Crippen LogP contribution in [0.3, 0.4) is 0 Å². The Hall–Kier alpha value is -4.95. The summed E-state index contributed by atoms with van der Waals surface area (Å²) < 4.78 is 112. The maximum Gasteiger partial charge on any atom is 0.435 e. The molecule has 7 rings (SSSR count). The van der Waals surface area contributed by atoms with Crippen molar-refractivity contribution in [1.29, 1.82) is 0 Å². The third kappa shape index (κ3) is 7.66. The van der Waals surface area contributed by atoms with Crippen LogP contribution in [-0.2, 0) is 48.1 Å². The number of alkyl halides is 5. The number of fused-ring (bicyclic) bond motifs is 3. The molecule has 3 N–H and O–H groups in total. The Morgan fingerprint density at radius 2 is 1.85 bits per heavy atom. The first-order valence-electron chi connectivity index (χ1n) is 16.8. The lowest BCUT2D eigenvalue weighted by atomic mass is 9.94. The number of para-hydroxylation sites is 1. The molecule has 6 aromatic rings. The van der Waals surface area contributed by atoms with Crippen molar-refractivity contribution in [2.75, 3.05) is 36.6 Å². The molecule has 0 saturated heterocycles. The SMILES string of the molecule is COCCNc1nc2nc(C(Cc3cc(F)cc(F)c3)NC(=O)Cn3nc(C(F)(F)F)c4c3C(F)(F)CC4)c(-c3cccc4c(NSC)nn(C)c34)cc2s1. The molecule has 11 nitrogen and oxygen atoms in total. The van der Waals surface area contributed by atoms with E-state index in [1.54, 1.807) is 24.9 Å². The first-order valence-corrected chi connectivity index (χ1v) is 18.8. The number of nitrogens with zero attached hydrogens (tertiary/aromatic N) is 6. The van der Waals surface area contributed by atoms with E-state index in [1.807, 2.05) is 24.5 Å². The topological polar surface area (TPSA) is 124 Å². The number of anilines is 2. The number of aromatic nitrogens is 6. The Labute approximate surface area is 316 Å². The third-order valence-corrected chi connectivity index (χ3v) is 10.4. The summed E-state index contributed by atoms with van der Waals surface area (Å²) in [6.45, 7) is -0.181. The van der Waals surface area contributed by atoms with Gasteiger partial charge in [-0.3, -0.25) is 14.2 Å². The minimum Gasteiger partial charge on any atom is -0.383 e. The average Bonchev–Trinajstić information content (AvgIpc) is 3.85. The predicted octanol–water partition coefficient (Wildman–Crippen LogP) is 7.62. The van der Waals surface area contributed by atoms with Crippen LogP contribution in [0.1, 0.15) is 40.7 Å². The summed E-state index contributed by atoms with van der Waals surface area (Å²) in [6.07, 6.45) is -4.89. The van der Waals surface area contributed by atoms with E-state index in [9.17, 15) is 35.5 Å². The Balaban J connectivity index is 1.38. The predicted molar refractivity (Wildman–Crippen MR) is 195 cm³/mol. The van der Waals surface area contributed by atoms with E-state index in [2.05, 4.69) is 30.5 Å². The molecule has 1 unspecified atom stereocenters. The summed E-state index contributed by atoms with van der Waals surface area (Å²) >= 11 is 2.64. The summed E-state index contributed by atoms with van der Waals surface area (Å²) in [5.74, 6) is -5.86. The van der Waals surface area contributed by atoms with Crippen molar-refractivity contribution in [3.05, 3.63) is 82.3 Å². The number of aryl methyl sites for hydroxylation is 1. The second-order valence-corrected chi connectivity index (χ2v) is 14.4. The van der Waals surface area contributed by atoms with Crippen molar-refractivity contribution < 1.29 is 40.3 Å². The molecular formula is C35H32F7N9O2S2. The molecular weight excluding hydrogens is 776 g/mol. The van der Waals surface area contributed by atoms with Crippen molar-refractivity contribution in [3.8, 4) is 11.1 Å². The Kier molecular flexibility index (Phi) is 10.4. The van der Waals surface area contributed by atoms with Crippen LogP contribution in [-0.4, -0.2) is 62.0 Å². The van der Waals surface area contributed by atoms with Gasteiger partial charge in [0.1, 0.15) is 23.9 Å². The highest BCUT2D eigenvalue weighted by molar-refractivity contribution is 7.99. The standard InChI is InChI=1S/C35H32F7N9O2S2/c1-50-28-20(5-4-6-21(28)31(48-50)49-54-3)23-15-25-32(46-33(55-25)43-9-10-53-2)45-27(23)24(13-17-11-18(36)14-19(37)12-17)44-26(52)16-51-30-22(7-8-34(30,38)39)29(47-51)35(40,41)42/h4-6,11-12,14-15,24H,7-10,13,16H2,1-3H3,(H,44,52)(H,48,49)(H,43,45,46). The van der Waals surface area contributed by atoms with Crippen molar-refractivity contribution in [2.24, 2.45) is 7.05 Å². The van der Waals surface area contributed by atoms with Gasteiger partial charge in [0.2, 0.25) is 5.91 Å². The van der Waals surface area contributed by atoms with Crippen molar-refractivity contribution in [3.63, 3.8) is 0 Å². The smallest absolute Gasteiger partial charge is 0.383 e. The Bertz CT molecular complexity index is 2390. The number of ether oxygens (including phenoxy) is 1. The number of thiazole rings is 1. The fourth-order valence-corrected chi connectivity index (χ4v) is 8.08. The van der Waals surface area contributed by atoms with Crippen LogP contribution in [0.5, 0.6) is 0 Å². The van der Waals surface area contributed by atoms with E-state index in [4.69, 9.17) is 9.72 Å². The number of nitrogens with one attached hydrogen (secondary N) is 3. The number of hydrogen-bond acceptors (Lipinski definition) is 10. The molecule has 0 spiro atoms. The summed E-state index contributed by atoms with van der Waals surface area (Å²) in [7, 11) is 3.30. The minimum atomic E-state index is -5.03. The summed E-state index contributed by atoms with van der Waals surface area (Å²) in [5.41, 5.74) is -0.834. The Morgan fingerprint density at radius 1 is 1.09 bits per heavy atom. The van der Waals surface area contributed by atoms with E-state index in [0.717, 1.165) is 17.5 Å². The van der Waals surface area contributed by atoms with E-state index in [0.29, 0.717) is 56.2 Å². The van der Waals surface area contributed by atoms with Crippen LogP contribution in [0.2, 0.25) is 0 Å². The molecule has 1 aliphatic rings. The summed E-state index contributed by atoms with van der Waals surface area (Å²) in [4.78, 5) is 23.4. The van der Waals surface area contributed by atoms with Gasteiger partial charge in [0.15, 0.2) is 22.3 Å². The molecule has 55 heavy (non-hydrogen) atoms. The molecule has 0 radical (unpaired) electrons. The highest BCUT2D eigenvalue weighted by Crippen LogP contribution is 2.46. The van der Waals surface area contributed by atoms with Crippen molar-refractivity contribution >= 4 is 61.4 Å². The van der Waals surface area contributed by atoms with Crippen LogP contribution >= 0.6 is 23.3 Å². The van der Waals surface area contributed by atoms with E-state index < -0.39 is 72.0 Å². The summed E-state index contributed by atoms with van der Waals surface area (Å²) in [6, 6.07) is 8.88. The molecule has 4 aromatic heterocycles. The number of hydrogen-bond donors (Lipinski definition) is 3. The number of rotatable bonds is 13. The minimum absolute atomic E-state index is 0.104. The van der Waals surface area contributed by atoms with Crippen LogP contribution < -0.4 is 15.4 Å². The second-order valence-electron chi connectivity index (χ2n) is 12.8. The average molecular weight is 808 g/mol. The van der Waals surface area contributed by atoms with E-state index >= 15 is 0 Å².